The summed E-state index contributed by atoms with van der Waals surface area (Å²) in [5.41, 5.74) is 2.82. The summed E-state index contributed by atoms with van der Waals surface area (Å²) in [7, 11) is 0. The Morgan fingerprint density at radius 3 is 2.61 bits per heavy atom. The maximum Gasteiger partial charge on any atom is 0.227 e. The zero-order valence-corrected chi connectivity index (χ0v) is 19.6. The molecular weight excluding hydrogens is 438 g/mol. The van der Waals surface area contributed by atoms with Crippen LogP contribution in [0.5, 0.6) is 11.6 Å². The molecule has 0 bridgehead atoms. The van der Waals surface area contributed by atoms with Crippen molar-refractivity contribution >= 4 is 11.6 Å². The van der Waals surface area contributed by atoms with Crippen molar-refractivity contribution in [3.8, 4) is 17.3 Å². The van der Waals surface area contributed by atoms with Gasteiger partial charge in [0.25, 0.3) is 0 Å². The van der Waals surface area contributed by atoms with E-state index in [4.69, 9.17) is 26.2 Å². The first-order valence-corrected chi connectivity index (χ1v) is 11.6. The quantitative estimate of drug-likeness (QED) is 0.294. The minimum atomic E-state index is -0.573. The zero-order chi connectivity index (χ0) is 23.2. The summed E-state index contributed by atoms with van der Waals surface area (Å²) in [5, 5.41) is 16.0. The van der Waals surface area contributed by atoms with Crippen LogP contribution in [0.4, 0.5) is 0 Å². The number of aliphatic hydroxyl groups is 1. The van der Waals surface area contributed by atoms with E-state index >= 15 is 0 Å². The summed E-state index contributed by atoms with van der Waals surface area (Å²) < 4.78 is 13.7. The highest BCUT2D eigenvalue weighted by molar-refractivity contribution is 6.30. The van der Waals surface area contributed by atoms with Crippen LogP contribution in [0, 0.1) is 6.92 Å². The van der Waals surface area contributed by atoms with Crippen LogP contribution in [0.15, 0.2) is 67.3 Å². The molecule has 3 aromatic rings. The Morgan fingerprint density at radius 2 is 1.94 bits per heavy atom. The van der Waals surface area contributed by atoms with Crippen molar-refractivity contribution in [1.29, 1.82) is 0 Å². The van der Waals surface area contributed by atoms with Gasteiger partial charge in [0.15, 0.2) is 0 Å². The van der Waals surface area contributed by atoms with E-state index in [1.54, 1.807) is 6.08 Å². The van der Waals surface area contributed by atoms with E-state index in [2.05, 4.69) is 11.5 Å². The normalized spacial score (nSPS) is 14.4. The molecule has 6 nitrogen and oxygen atoms in total. The van der Waals surface area contributed by atoms with Gasteiger partial charge in [-0.25, -0.2) is 4.68 Å². The van der Waals surface area contributed by atoms with Crippen LogP contribution in [0.1, 0.15) is 24.1 Å². The van der Waals surface area contributed by atoms with Gasteiger partial charge in [0.2, 0.25) is 5.88 Å². The molecule has 1 saturated carbocycles. The Balaban J connectivity index is 1.62. The Labute approximate surface area is 200 Å². The van der Waals surface area contributed by atoms with Gasteiger partial charge in [0, 0.05) is 24.2 Å². The standard InChI is InChI=1S/C26H30ClN3O3/c1-3-15-32-18-23(31)16-29(21-11-12-21)17-25-19(2)28-30(22-7-5-4-6-8-22)26(25)33-24-13-9-20(27)10-14-24/h3-10,13-14,21,23,31H,1,11-12,15-18H2,2H3. The molecule has 1 aliphatic rings. The zero-order valence-electron chi connectivity index (χ0n) is 18.9. The molecule has 1 unspecified atom stereocenters. The number of rotatable bonds is 12. The highest BCUT2D eigenvalue weighted by atomic mass is 35.5. The lowest BCUT2D eigenvalue weighted by molar-refractivity contribution is 0.0226. The van der Waals surface area contributed by atoms with E-state index < -0.39 is 6.10 Å². The van der Waals surface area contributed by atoms with Crippen molar-refractivity contribution in [3.63, 3.8) is 0 Å². The number of aromatic nitrogens is 2. The van der Waals surface area contributed by atoms with Gasteiger partial charge in [-0.05, 0) is 56.2 Å². The van der Waals surface area contributed by atoms with Crippen LogP contribution >= 0.6 is 11.6 Å². The number of aryl methyl sites for hydroxylation is 1. The number of benzene rings is 2. The maximum atomic E-state index is 10.5. The predicted molar refractivity (Wildman–Crippen MR) is 130 cm³/mol. The van der Waals surface area contributed by atoms with Gasteiger partial charge in [0.05, 0.1) is 36.3 Å². The van der Waals surface area contributed by atoms with E-state index in [1.807, 2.05) is 66.2 Å². The van der Waals surface area contributed by atoms with Gasteiger partial charge in [-0.2, -0.15) is 5.10 Å². The Hall–Kier alpha value is -2.64. The number of nitrogens with zero attached hydrogens (tertiary/aromatic N) is 3. The molecule has 0 saturated heterocycles. The van der Waals surface area contributed by atoms with Crippen LogP contribution in [0.2, 0.25) is 5.02 Å². The number of para-hydroxylation sites is 1. The smallest absolute Gasteiger partial charge is 0.227 e. The molecule has 1 heterocycles. The highest BCUT2D eigenvalue weighted by Crippen LogP contribution is 2.35. The van der Waals surface area contributed by atoms with Gasteiger partial charge in [-0.3, -0.25) is 4.90 Å². The van der Waals surface area contributed by atoms with Crippen LogP contribution < -0.4 is 4.74 Å². The maximum absolute atomic E-state index is 10.5. The molecule has 2 aromatic carbocycles. The lowest BCUT2D eigenvalue weighted by Gasteiger charge is -2.25. The average Bonchev–Trinajstić information content (AvgIpc) is 3.62. The van der Waals surface area contributed by atoms with E-state index in [-0.39, 0.29) is 6.61 Å². The molecule has 1 fully saturated rings. The summed E-state index contributed by atoms with van der Waals surface area (Å²) in [5.74, 6) is 1.36. The minimum absolute atomic E-state index is 0.283. The molecule has 4 rings (SSSR count). The van der Waals surface area contributed by atoms with E-state index in [9.17, 15) is 5.11 Å². The number of hydrogen-bond donors (Lipinski definition) is 1. The Bertz CT molecular complexity index is 1050. The molecule has 0 aliphatic heterocycles. The van der Waals surface area contributed by atoms with Crippen LogP contribution in [-0.2, 0) is 11.3 Å². The van der Waals surface area contributed by atoms with Crippen molar-refractivity contribution in [2.45, 2.75) is 38.5 Å². The second kappa shape index (κ2) is 11.0. The fourth-order valence-corrected chi connectivity index (χ4v) is 3.91. The molecule has 1 aliphatic carbocycles. The lowest BCUT2D eigenvalue weighted by Crippen LogP contribution is -2.36. The molecule has 0 spiro atoms. The van der Waals surface area contributed by atoms with Gasteiger partial charge in [-0.1, -0.05) is 35.9 Å². The third-order valence-corrected chi connectivity index (χ3v) is 5.83. The summed E-state index contributed by atoms with van der Waals surface area (Å²) in [6.07, 6.45) is 3.36. The second-order valence-corrected chi connectivity index (χ2v) is 8.75. The largest absolute Gasteiger partial charge is 0.439 e. The topological polar surface area (TPSA) is 59.8 Å². The van der Waals surface area contributed by atoms with E-state index in [0.717, 1.165) is 29.8 Å². The molecule has 1 N–H and O–H groups in total. The molecule has 0 amide bonds. The summed E-state index contributed by atoms with van der Waals surface area (Å²) in [6.45, 7) is 7.52. The molecular formula is C26H30ClN3O3. The molecule has 174 valence electrons. The fourth-order valence-electron chi connectivity index (χ4n) is 3.78. The predicted octanol–water partition coefficient (Wildman–Crippen LogP) is 5.15. The second-order valence-electron chi connectivity index (χ2n) is 8.31. The third kappa shape index (κ3) is 6.24. The van der Waals surface area contributed by atoms with Gasteiger partial charge in [-0.15, -0.1) is 6.58 Å². The van der Waals surface area contributed by atoms with Crippen molar-refractivity contribution in [1.82, 2.24) is 14.7 Å². The number of aliphatic hydroxyl groups excluding tert-OH is 1. The first-order chi connectivity index (χ1) is 16.0. The minimum Gasteiger partial charge on any atom is -0.439 e. The van der Waals surface area contributed by atoms with Crippen molar-refractivity contribution < 1.29 is 14.6 Å². The first-order valence-electron chi connectivity index (χ1n) is 11.2. The summed E-state index contributed by atoms with van der Waals surface area (Å²) >= 11 is 6.06. The van der Waals surface area contributed by atoms with Crippen molar-refractivity contribution in [2.75, 3.05) is 19.8 Å². The number of halogens is 1. The van der Waals surface area contributed by atoms with Crippen molar-refractivity contribution in [2.24, 2.45) is 0 Å². The van der Waals surface area contributed by atoms with Gasteiger partial charge >= 0.3 is 0 Å². The van der Waals surface area contributed by atoms with Crippen LogP contribution in [-0.4, -0.2) is 51.7 Å². The molecule has 1 atom stereocenters. The van der Waals surface area contributed by atoms with Crippen LogP contribution in [0.25, 0.3) is 5.69 Å². The summed E-state index contributed by atoms with van der Waals surface area (Å²) in [6, 6.07) is 17.7. The number of ether oxygens (including phenoxy) is 2. The van der Waals surface area contributed by atoms with E-state index in [1.165, 1.54) is 0 Å². The third-order valence-electron chi connectivity index (χ3n) is 5.58. The molecule has 1 aromatic heterocycles. The lowest BCUT2D eigenvalue weighted by atomic mass is 10.2. The molecule has 0 radical (unpaired) electrons. The van der Waals surface area contributed by atoms with E-state index in [0.29, 0.717) is 42.4 Å². The fraction of sp³-hybridized carbons (Fsp3) is 0.346. The monoisotopic (exact) mass is 467 g/mol. The Kier molecular flexibility index (Phi) is 7.83. The van der Waals surface area contributed by atoms with Gasteiger partial charge in [0.1, 0.15) is 5.75 Å². The van der Waals surface area contributed by atoms with Crippen molar-refractivity contribution in [3.05, 3.63) is 83.5 Å². The SMILES string of the molecule is C=CCOCC(O)CN(Cc1c(C)nn(-c2ccccc2)c1Oc1ccc(Cl)cc1)C1CC1. The first kappa shape index (κ1) is 23.5. The van der Waals surface area contributed by atoms with Gasteiger partial charge < -0.3 is 14.6 Å². The Morgan fingerprint density at radius 1 is 1.21 bits per heavy atom. The summed E-state index contributed by atoms with van der Waals surface area (Å²) in [4.78, 5) is 2.30. The number of hydrogen-bond acceptors (Lipinski definition) is 5. The van der Waals surface area contributed by atoms with Crippen LogP contribution in [0.3, 0.4) is 0 Å². The average molecular weight is 468 g/mol. The highest BCUT2D eigenvalue weighted by Gasteiger charge is 2.32. The molecule has 33 heavy (non-hydrogen) atoms. The molecule has 7 heteroatoms.